The minimum atomic E-state index is 0.0111. The van der Waals surface area contributed by atoms with Crippen molar-refractivity contribution in [1.82, 2.24) is 9.97 Å². The topological polar surface area (TPSA) is 52.1 Å². The van der Waals surface area contributed by atoms with Gasteiger partial charge < -0.3 is 4.74 Å². The molecule has 0 saturated carbocycles. The molecule has 1 aromatic carbocycles. The molecular formula is C15H16N2O2S. The molecule has 0 bridgehead atoms. The Morgan fingerprint density at radius 2 is 2.10 bits per heavy atom. The molecule has 0 saturated heterocycles. The molecular weight excluding hydrogens is 272 g/mol. The zero-order valence-electron chi connectivity index (χ0n) is 11.7. The number of carbonyl (C=O) groups excluding carboxylic acids is 1. The SMILES string of the molecule is COc1cc(C)ccc1C(=O)CSc1nccc(C)n1. The molecule has 0 aliphatic rings. The van der Waals surface area contributed by atoms with E-state index in [0.29, 0.717) is 22.2 Å². The summed E-state index contributed by atoms with van der Waals surface area (Å²) in [6.45, 7) is 3.86. The van der Waals surface area contributed by atoms with E-state index in [1.54, 1.807) is 19.4 Å². The molecule has 0 aliphatic carbocycles. The lowest BCUT2D eigenvalue weighted by molar-refractivity contribution is 0.101. The first kappa shape index (κ1) is 14.5. The molecule has 104 valence electrons. The van der Waals surface area contributed by atoms with E-state index in [1.165, 1.54) is 11.8 Å². The Kier molecular flexibility index (Phi) is 4.74. The summed E-state index contributed by atoms with van der Waals surface area (Å²) in [5, 5.41) is 0.615. The molecule has 5 heteroatoms. The van der Waals surface area contributed by atoms with E-state index < -0.39 is 0 Å². The van der Waals surface area contributed by atoms with Crippen LogP contribution in [0.5, 0.6) is 5.75 Å². The lowest BCUT2D eigenvalue weighted by Crippen LogP contribution is -2.06. The molecule has 0 N–H and O–H groups in total. The molecule has 0 fully saturated rings. The van der Waals surface area contributed by atoms with Gasteiger partial charge in [0.25, 0.3) is 0 Å². The molecule has 0 spiro atoms. The smallest absolute Gasteiger partial charge is 0.188 e. The Morgan fingerprint density at radius 3 is 2.80 bits per heavy atom. The Labute approximate surface area is 122 Å². The maximum atomic E-state index is 12.2. The third-order valence-electron chi connectivity index (χ3n) is 2.76. The molecule has 0 radical (unpaired) electrons. The summed E-state index contributed by atoms with van der Waals surface area (Å²) < 4.78 is 5.26. The summed E-state index contributed by atoms with van der Waals surface area (Å²) in [6, 6.07) is 7.40. The number of hydrogen-bond acceptors (Lipinski definition) is 5. The Hall–Kier alpha value is -1.88. The number of benzene rings is 1. The normalized spacial score (nSPS) is 10.3. The fraction of sp³-hybridized carbons (Fsp3) is 0.267. The van der Waals surface area contributed by atoms with Crippen molar-refractivity contribution in [3.05, 3.63) is 47.3 Å². The van der Waals surface area contributed by atoms with Gasteiger partial charge in [0.1, 0.15) is 5.75 Å². The number of aromatic nitrogens is 2. The van der Waals surface area contributed by atoms with Crippen LogP contribution >= 0.6 is 11.8 Å². The molecule has 0 aliphatic heterocycles. The van der Waals surface area contributed by atoms with Crippen LogP contribution in [0.2, 0.25) is 0 Å². The second kappa shape index (κ2) is 6.52. The second-order valence-corrected chi connectivity index (χ2v) is 5.34. The molecule has 4 nitrogen and oxygen atoms in total. The molecule has 2 aromatic rings. The molecule has 20 heavy (non-hydrogen) atoms. The summed E-state index contributed by atoms with van der Waals surface area (Å²) in [5.41, 5.74) is 2.55. The quantitative estimate of drug-likeness (QED) is 0.481. The van der Waals surface area contributed by atoms with Crippen LogP contribution in [0.25, 0.3) is 0 Å². The third-order valence-corrected chi connectivity index (χ3v) is 3.62. The van der Waals surface area contributed by atoms with Crippen molar-refractivity contribution >= 4 is 17.5 Å². The lowest BCUT2D eigenvalue weighted by atomic mass is 10.1. The van der Waals surface area contributed by atoms with Gasteiger partial charge in [-0.3, -0.25) is 4.79 Å². The average Bonchev–Trinajstić information content (AvgIpc) is 2.44. The van der Waals surface area contributed by atoms with E-state index >= 15 is 0 Å². The number of Topliss-reactive ketones (excluding diaryl/α,β-unsaturated/α-hetero) is 1. The number of methoxy groups -OCH3 is 1. The first-order valence-corrected chi connectivity index (χ1v) is 7.19. The number of rotatable bonds is 5. The molecule has 1 heterocycles. The van der Waals surface area contributed by atoms with Crippen LogP contribution in [0, 0.1) is 13.8 Å². The highest BCUT2D eigenvalue weighted by atomic mass is 32.2. The number of thioether (sulfide) groups is 1. The van der Waals surface area contributed by atoms with Gasteiger partial charge in [-0.1, -0.05) is 17.8 Å². The number of ether oxygens (including phenoxy) is 1. The zero-order chi connectivity index (χ0) is 14.5. The highest BCUT2D eigenvalue weighted by molar-refractivity contribution is 7.99. The van der Waals surface area contributed by atoms with Gasteiger partial charge in [-0.25, -0.2) is 9.97 Å². The van der Waals surface area contributed by atoms with Gasteiger partial charge in [-0.2, -0.15) is 0 Å². The second-order valence-electron chi connectivity index (χ2n) is 4.40. The van der Waals surface area contributed by atoms with Crippen molar-refractivity contribution < 1.29 is 9.53 Å². The number of carbonyl (C=O) groups is 1. The summed E-state index contributed by atoms with van der Waals surface area (Å²) >= 11 is 1.33. The Bertz CT molecular complexity index is 629. The van der Waals surface area contributed by atoms with Crippen molar-refractivity contribution in [1.29, 1.82) is 0 Å². The minimum absolute atomic E-state index is 0.0111. The van der Waals surface area contributed by atoms with E-state index in [0.717, 1.165) is 11.3 Å². The van der Waals surface area contributed by atoms with Crippen molar-refractivity contribution in [2.45, 2.75) is 19.0 Å². The van der Waals surface area contributed by atoms with Crippen LogP contribution < -0.4 is 4.74 Å². The predicted octanol–water partition coefficient (Wildman–Crippen LogP) is 3.08. The van der Waals surface area contributed by atoms with E-state index in [-0.39, 0.29) is 5.78 Å². The van der Waals surface area contributed by atoms with Crippen LogP contribution in [0.3, 0.4) is 0 Å². The molecule has 2 rings (SSSR count). The third kappa shape index (κ3) is 3.57. The fourth-order valence-corrected chi connectivity index (χ4v) is 2.49. The average molecular weight is 288 g/mol. The number of nitrogens with zero attached hydrogens (tertiary/aromatic N) is 2. The van der Waals surface area contributed by atoms with Crippen LogP contribution in [-0.2, 0) is 0 Å². The molecule has 0 atom stereocenters. The van der Waals surface area contributed by atoms with Crippen molar-refractivity contribution in [2.75, 3.05) is 12.9 Å². The molecule has 0 amide bonds. The summed E-state index contributed by atoms with van der Waals surface area (Å²) in [4.78, 5) is 20.6. The van der Waals surface area contributed by atoms with Crippen LogP contribution in [-0.4, -0.2) is 28.6 Å². The maximum Gasteiger partial charge on any atom is 0.188 e. The summed E-state index contributed by atoms with van der Waals surface area (Å²) in [7, 11) is 1.57. The van der Waals surface area contributed by atoms with E-state index in [9.17, 15) is 4.79 Å². The van der Waals surface area contributed by atoms with E-state index in [4.69, 9.17) is 4.74 Å². The van der Waals surface area contributed by atoms with Crippen LogP contribution in [0.15, 0.2) is 35.6 Å². The predicted molar refractivity (Wildman–Crippen MR) is 79.6 cm³/mol. The Morgan fingerprint density at radius 1 is 1.30 bits per heavy atom. The lowest BCUT2D eigenvalue weighted by Gasteiger charge is -2.08. The first-order valence-electron chi connectivity index (χ1n) is 6.20. The van der Waals surface area contributed by atoms with Gasteiger partial charge in [0, 0.05) is 11.9 Å². The van der Waals surface area contributed by atoms with E-state index in [1.807, 2.05) is 32.0 Å². The summed E-state index contributed by atoms with van der Waals surface area (Å²) in [6.07, 6.45) is 1.70. The largest absolute Gasteiger partial charge is 0.496 e. The van der Waals surface area contributed by atoms with Crippen LogP contribution in [0.4, 0.5) is 0 Å². The monoisotopic (exact) mass is 288 g/mol. The Balaban J connectivity index is 2.09. The van der Waals surface area contributed by atoms with Gasteiger partial charge >= 0.3 is 0 Å². The number of ketones is 1. The van der Waals surface area contributed by atoms with Gasteiger partial charge in [0.2, 0.25) is 0 Å². The zero-order valence-corrected chi connectivity index (χ0v) is 12.5. The minimum Gasteiger partial charge on any atom is -0.496 e. The molecule has 1 aromatic heterocycles. The van der Waals surface area contributed by atoms with Crippen molar-refractivity contribution in [3.8, 4) is 5.75 Å². The van der Waals surface area contributed by atoms with Crippen molar-refractivity contribution in [3.63, 3.8) is 0 Å². The van der Waals surface area contributed by atoms with Gasteiger partial charge in [0.15, 0.2) is 10.9 Å². The highest BCUT2D eigenvalue weighted by Gasteiger charge is 2.13. The van der Waals surface area contributed by atoms with Gasteiger partial charge in [0.05, 0.1) is 18.4 Å². The van der Waals surface area contributed by atoms with Gasteiger partial charge in [-0.05, 0) is 37.6 Å². The molecule has 0 unspecified atom stereocenters. The highest BCUT2D eigenvalue weighted by Crippen LogP contribution is 2.23. The fourth-order valence-electron chi connectivity index (χ4n) is 1.73. The van der Waals surface area contributed by atoms with Gasteiger partial charge in [-0.15, -0.1) is 0 Å². The number of aryl methyl sites for hydroxylation is 2. The summed E-state index contributed by atoms with van der Waals surface area (Å²) in [5.74, 6) is 0.917. The van der Waals surface area contributed by atoms with E-state index in [2.05, 4.69) is 9.97 Å². The number of hydrogen-bond donors (Lipinski definition) is 0. The van der Waals surface area contributed by atoms with Crippen molar-refractivity contribution in [2.24, 2.45) is 0 Å². The van der Waals surface area contributed by atoms with Crippen LogP contribution in [0.1, 0.15) is 21.6 Å². The maximum absolute atomic E-state index is 12.2. The first-order chi connectivity index (χ1) is 9.60. The standard InChI is InChI=1S/C15H16N2O2S/c1-10-4-5-12(14(8-10)19-3)13(18)9-20-15-16-7-6-11(2)17-15/h4-8H,9H2,1-3H3.